The molecule has 0 spiro atoms. The molecule has 102 valence electrons. The quantitative estimate of drug-likeness (QED) is 0.929. The molecule has 1 aromatic heterocycles. The number of amides is 1. The van der Waals surface area contributed by atoms with Crippen molar-refractivity contribution in [1.82, 2.24) is 4.98 Å². The summed E-state index contributed by atoms with van der Waals surface area (Å²) in [7, 11) is 1.60. The van der Waals surface area contributed by atoms with Crippen molar-refractivity contribution in [2.45, 2.75) is 6.92 Å². The Morgan fingerprint density at radius 3 is 2.50 bits per heavy atom. The number of para-hydroxylation sites is 1. The summed E-state index contributed by atoms with van der Waals surface area (Å²) < 4.78 is 0. The molecule has 0 aliphatic heterocycles. The van der Waals surface area contributed by atoms with Crippen LogP contribution in [0.25, 0.3) is 0 Å². The molecule has 0 saturated carbocycles. The molecule has 20 heavy (non-hydrogen) atoms. The number of nitrogens with zero attached hydrogens (tertiary/aromatic N) is 2. The molecule has 0 aliphatic rings. The lowest BCUT2D eigenvalue weighted by molar-refractivity contribution is 0.0691. The minimum atomic E-state index is -1.17. The number of hydrogen-bond donors (Lipinski definition) is 1. The minimum Gasteiger partial charge on any atom is -0.478 e. The molecule has 2 aromatic rings. The van der Waals surface area contributed by atoms with Gasteiger partial charge in [0.15, 0.2) is 0 Å². The Morgan fingerprint density at radius 2 is 1.85 bits per heavy atom. The van der Waals surface area contributed by atoms with Gasteiger partial charge in [-0.2, -0.15) is 0 Å². The number of pyridine rings is 1. The van der Waals surface area contributed by atoms with E-state index in [1.165, 1.54) is 23.2 Å². The lowest BCUT2D eigenvalue weighted by atomic mass is 10.1. The van der Waals surface area contributed by atoms with Crippen molar-refractivity contribution >= 4 is 17.6 Å². The van der Waals surface area contributed by atoms with E-state index in [4.69, 9.17) is 5.11 Å². The average Bonchev–Trinajstić information content (AvgIpc) is 2.46. The van der Waals surface area contributed by atoms with Gasteiger partial charge in [0.25, 0.3) is 5.91 Å². The van der Waals surface area contributed by atoms with Gasteiger partial charge in [0.1, 0.15) is 5.69 Å². The van der Waals surface area contributed by atoms with E-state index in [-0.39, 0.29) is 11.3 Å². The largest absolute Gasteiger partial charge is 0.478 e. The maximum absolute atomic E-state index is 12.4. The van der Waals surface area contributed by atoms with E-state index in [9.17, 15) is 9.59 Å². The van der Waals surface area contributed by atoms with Gasteiger partial charge >= 0.3 is 5.97 Å². The van der Waals surface area contributed by atoms with E-state index < -0.39 is 11.9 Å². The van der Waals surface area contributed by atoms with E-state index >= 15 is 0 Å². The molecule has 1 amide bonds. The highest BCUT2D eigenvalue weighted by molar-refractivity contribution is 6.10. The first-order chi connectivity index (χ1) is 9.52. The van der Waals surface area contributed by atoms with Gasteiger partial charge < -0.3 is 10.0 Å². The molecule has 5 nitrogen and oxygen atoms in total. The van der Waals surface area contributed by atoms with Gasteiger partial charge in [0, 0.05) is 18.9 Å². The topological polar surface area (TPSA) is 70.5 Å². The number of aromatic nitrogens is 1. The maximum Gasteiger partial charge on any atom is 0.338 e. The average molecular weight is 270 g/mol. The van der Waals surface area contributed by atoms with E-state index in [2.05, 4.69) is 4.98 Å². The van der Waals surface area contributed by atoms with Crippen molar-refractivity contribution in [3.63, 3.8) is 0 Å². The van der Waals surface area contributed by atoms with E-state index in [1.54, 1.807) is 13.1 Å². The fourth-order valence-electron chi connectivity index (χ4n) is 1.96. The Balaban J connectivity index is 2.42. The molecule has 0 atom stereocenters. The second kappa shape index (κ2) is 5.52. The number of carboxylic acids is 1. The molecule has 0 unspecified atom stereocenters. The molecular formula is C15H14N2O3. The Bertz CT molecular complexity index is 668. The molecule has 0 aliphatic carbocycles. The molecule has 1 aromatic carbocycles. The van der Waals surface area contributed by atoms with Gasteiger partial charge in [-0.05, 0) is 30.7 Å². The normalized spacial score (nSPS) is 10.1. The van der Waals surface area contributed by atoms with Crippen LogP contribution in [0.4, 0.5) is 5.69 Å². The van der Waals surface area contributed by atoms with Crippen LogP contribution in [-0.4, -0.2) is 29.0 Å². The van der Waals surface area contributed by atoms with Crippen molar-refractivity contribution in [1.29, 1.82) is 0 Å². The van der Waals surface area contributed by atoms with Crippen LogP contribution in [-0.2, 0) is 0 Å². The molecule has 0 saturated heterocycles. The molecule has 0 radical (unpaired) electrons. The Labute approximate surface area is 116 Å². The Hall–Kier alpha value is -2.69. The molecular weight excluding hydrogens is 256 g/mol. The molecule has 2 rings (SSSR count). The van der Waals surface area contributed by atoms with E-state index in [0.29, 0.717) is 0 Å². The second-order valence-electron chi connectivity index (χ2n) is 4.36. The first-order valence-electron chi connectivity index (χ1n) is 6.04. The highest BCUT2D eigenvalue weighted by Crippen LogP contribution is 2.20. The number of carboxylic acid groups (broad SMARTS) is 1. The highest BCUT2D eigenvalue weighted by Gasteiger charge is 2.22. The smallest absolute Gasteiger partial charge is 0.338 e. The predicted molar refractivity (Wildman–Crippen MR) is 75.1 cm³/mol. The summed E-state index contributed by atoms with van der Waals surface area (Å²) in [5.74, 6) is -1.61. The number of rotatable bonds is 3. The number of anilines is 1. The number of hydrogen-bond acceptors (Lipinski definition) is 3. The number of carbonyl (C=O) groups is 2. The fraction of sp³-hybridized carbons (Fsp3) is 0.133. The van der Waals surface area contributed by atoms with Gasteiger partial charge in [-0.1, -0.05) is 18.2 Å². The monoisotopic (exact) mass is 270 g/mol. The molecule has 5 heteroatoms. The van der Waals surface area contributed by atoms with Crippen LogP contribution in [0.15, 0.2) is 42.6 Å². The van der Waals surface area contributed by atoms with Crippen molar-refractivity contribution < 1.29 is 14.7 Å². The molecule has 1 heterocycles. The lowest BCUT2D eigenvalue weighted by Gasteiger charge is -2.19. The summed E-state index contributed by atoms with van der Waals surface area (Å²) in [6, 6.07) is 10.2. The molecule has 1 N–H and O–H groups in total. The summed E-state index contributed by atoms with van der Waals surface area (Å²) >= 11 is 0. The second-order valence-corrected chi connectivity index (χ2v) is 4.36. The summed E-state index contributed by atoms with van der Waals surface area (Å²) in [6.07, 6.45) is 1.41. The first-order valence-corrected chi connectivity index (χ1v) is 6.04. The number of benzene rings is 1. The van der Waals surface area contributed by atoms with Crippen LogP contribution in [0, 0.1) is 6.92 Å². The number of carbonyl (C=O) groups excluding carboxylic acids is 1. The Kier molecular flexibility index (Phi) is 3.79. The van der Waals surface area contributed by atoms with E-state index in [0.717, 1.165) is 11.3 Å². The zero-order valence-corrected chi connectivity index (χ0v) is 11.2. The third kappa shape index (κ3) is 2.51. The zero-order chi connectivity index (χ0) is 14.7. The maximum atomic E-state index is 12.4. The summed E-state index contributed by atoms with van der Waals surface area (Å²) in [6.45, 7) is 1.88. The van der Waals surface area contributed by atoms with Crippen LogP contribution < -0.4 is 4.90 Å². The van der Waals surface area contributed by atoms with E-state index in [1.807, 2.05) is 25.1 Å². The first kappa shape index (κ1) is 13.7. The van der Waals surface area contributed by atoms with Crippen LogP contribution >= 0.6 is 0 Å². The number of aromatic carboxylic acids is 1. The van der Waals surface area contributed by atoms with Gasteiger partial charge in [-0.15, -0.1) is 0 Å². The van der Waals surface area contributed by atoms with Crippen molar-refractivity contribution in [3.8, 4) is 0 Å². The highest BCUT2D eigenvalue weighted by atomic mass is 16.4. The lowest BCUT2D eigenvalue weighted by Crippen LogP contribution is -2.29. The van der Waals surface area contributed by atoms with Crippen LogP contribution in [0.3, 0.4) is 0 Å². The zero-order valence-electron chi connectivity index (χ0n) is 11.2. The molecule has 0 fully saturated rings. The van der Waals surface area contributed by atoms with Gasteiger partial charge in [-0.25, -0.2) is 4.79 Å². The van der Waals surface area contributed by atoms with Gasteiger partial charge in [-0.3, -0.25) is 9.78 Å². The third-order valence-corrected chi connectivity index (χ3v) is 3.02. The van der Waals surface area contributed by atoms with Gasteiger partial charge in [0.05, 0.1) is 5.56 Å². The Morgan fingerprint density at radius 1 is 1.15 bits per heavy atom. The van der Waals surface area contributed by atoms with Crippen LogP contribution in [0.2, 0.25) is 0 Å². The van der Waals surface area contributed by atoms with Crippen LogP contribution in [0.1, 0.15) is 26.4 Å². The predicted octanol–water partition coefficient (Wildman–Crippen LogP) is 2.36. The summed E-state index contributed by atoms with van der Waals surface area (Å²) in [4.78, 5) is 28.9. The molecule has 0 bridgehead atoms. The SMILES string of the molecule is Cc1ccccc1N(C)C(=O)c1ncccc1C(=O)O. The number of aryl methyl sites for hydroxylation is 1. The van der Waals surface area contributed by atoms with Crippen molar-refractivity contribution in [3.05, 3.63) is 59.4 Å². The van der Waals surface area contributed by atoms with Crippen molar-refractivity contribution in [2.75, 3.05) is 11.9 Å². The summed E-state index contributed by atoms with van der Waals surface area (Å²) in [5, 5.41) is 9.11. The third-order valence-electron chi connectivity index (χ3n) is 3.02. The fourth-order valence-corrected chi connectivity index (χ4v) is 1.96. The summed E-state index contributed by atoms with van der Waals surface area (Å²) in [5.41, 5.74) is 1.49. The van der Waals surface area contributed by atoms with Gasteiger partial charge in [0.2, 0.25) is 0 Å². The van der Waals surface area contributed by atoms with Crippen LogP contribution in [0.5, 0.6) is 0 Å². The minimum absolute atomic E-state index is 0.0641. The standard InChI is InChI=1S/C15H14N2O3/c1-10-6-3-4-8-12(10)17(2)14(18)13-11(15(19)20)7-5-9-16-13/h3-9H,1-2H3,(H,19,20). The van der Waals surface area contributed by atoms with Crippen molar-refractivity contribution in [2.24, 2.45) is 0 Å².